The molecule has 3 rings (SSSR count). The maximum atomic E-state index is 11.8. The average molecular weight is 338 g/mol. The number of rotatable bonds is 2. The molecule has 1 heterocycles. The van der Waals surface area contributed by atoms with Crippen LogP contribution in [-0.2, 0) is 4.74 Å². The fraction of sp³-hybridized carbons (Fsp3) is 0.562. The molecule has 0 aromatic heterocycles. The number of fused-ring (bicyclic) bond motifs is 3. The number of esters is 1. The number of carbonyl (C=O) groups is 1. The van der Waals surface area contributed by atoms with E-state index in [4.69, 9.17) is 4.74 Å². The predicted octanol–water partition coefficient (Wildman–Crippen LogP) is 4.10. The highest BCUT2D eigenvalue weighted by Gasteiger charge is 2.43. The normalized spacial score (nSPS) is 23.9. The molecule has 0 saturated heterocycles. The number of anilines is 1. The molecular formula is C16H20BrNO2. The van der Waals surface area contributed by atoms with Gasteiger partial charge in [0.1, 0.15) is 0 Å². The highest BCUT2D eigenvalue weighted by atomic mass is 79.9. The molecule has 20 heavy (non-hydrogen) atoms. The van der Waals surface area contributed by atoms with Gasteiger partial charge in [0.05, 0.1) is 18.4 Å². The van der Waals surface area contributed by atoms with Gasteiger partial charge in [0.25, 0.3) is 0 Å². The zero-order valence-corrected chi connectivity index (χ0v) is 13.7. The lowest BCUT2D eigenvalue weighted by molar-refractivity contribution is 0.0600. The smallest absolute Gasteiger partial charge is 0.337 e. The van der Waals surface area contributed by atoms with Crippen LogP contribution in [0, 0.1) is 0 Å². The number of benzene rings is 1. The number of hydrogen-bond donors (Lipinski definition) is 0. The molecule has 1 aromatic carbocycles. The van der Waals surface area contributed by atoms with Crippen molar-refractivity contribution in [3.05, 3.63) is 27.7 Å². The lowest BCUT2D eigenvalue weighted by atomic mass is 9.96. The zero-order chi connectivity index (χ0) is 14.4. The van der Waals surface area contributed by atoms with Crippen LogP contribution in [0.3, 0.4) is 0 Å². The number of ether oxygens (including phenoxy) is 1. The van der Waals surface area contributed by atoms with Crippen molar-refractivity contribution in [3.63, 3.8) is 0 Å². The molecule has 1 aliphatic heterocycles. The Morgan fingerprint density at radius 3 is 2.80 bits per heavy atom. The molecule has 2 atom stereocenters. The van der Waals surface area contributed by atoms with Gasteiger partial charge in [-0.2, -0.15) is 0 Å². The average Bonchev–Trinajstić information content (AvgIpc) is 2.97. The van der Waals surface area contributed by atoms with Crippen LogP contribution in [0.4, 0.5) is 5.69 Å². The highest BCUT2D eigenvalue weighted by molar-refractivity contribution is 9.10. The second-order valence-corrected chi connectivity index (χ2v) is 6.85. The van der Waals surface area contributed by atoms with Gasteiger partial charge in [0.2, 0.25) is 0 Å². The third-order valence-electron chi connectivity index (χ3n) is 4.56. The van der Waals surface area contributed by atoms with Crippen molar-refractivity contribution in [3.8, 4) is 0 Å². The number of nitrogens with zero attached hydrogens (tertiary/aromatic N) is 1. The van der Waals surface area contributed by atoms with Crippen molar-refractivity contribution in [2.24, 2.45) is 0 Å². The SMILES string of the molecule is COC(=O)c1cc(Br)c2c(c1)C1CCCC1N2C(C)C. The third kappa shape index (κ3) is 1.96. The summed E-state index contributed by atoms with van der Waals surface area (Å²) in [5.41, 5.74) is 3.24. The molecule has 2 unspecified atom stereocenters. The highest BCUT2D eigenvalue weighted by Crippen LogP contribution is 2.52. The van der Waals surface area contributed by atoms with E-state index in [1.165, 1.54) is 37.6 Å². The maximum Gasteiger partial charge on any atom is 0.337 e. The lowest BCUT2D eigenvalue weighted by Gasteiger charge is -2.31. The second-order valence-electron chi connectivity index (χ2n) is 5.99. The van der Waals surface area contributed by atoms with Gasteiger partial charge >= 0.3 is 5.97 Å². The molecule has 4 heteroatoms. The van der Waals surface area contributed by atoms with Crippen LogP contribution in [0.5, 0.6) is 0 Å². The first-order valence-corrected chi connectivity index (χ1v) is 8.04. The number of carbonyl (C=O) groups excluding carboxylic acids is 1. The van der Waals surface area contributed by atoms with E-state index in [0.29, 0.717) is 23.6 Å². The summed E-state index contributed by atoms with van der Waals surface area (Å²) in [4.78, 5) is 14.3. The van der Waals surface area contributed by atoms with Gasteiger partial charge in [-0.15, -0.1) is 0 Å². The van der Waals surface area contributed by atoms with Gasteiger partial charge in [-0.05, 0) is 60.3 Å². The van der Waals surface area contributed by atoms with Crippen LogP contribution in [0.2, 0.25) is 0 Å². The Kier molecular flexibility index (Phi) is 3.53. The first kappa shape index (κ1) is 13.9. The van der Waals surface area contributed by atoms with Crippen molar-refractivity contribution in [1.29, 1.82) is 0 Å². The Hall–Kier alpha value is -1.03. The van der Waals surface area contributed by atoms with Gasteiger partial charge < -0.3 is 9.64 Å². The molecule has 0 radical (unpaired) electrons. The van der Waals surface area contributed by atoms with Gasteiger partial charge in [-0.1, -0.05) is 6.42 Å². The molecule has 1 aromatic rings. The molecule has 0 spiro atoms. The van der Waals surface area contributed by atoms with Crippen LogP contribution >= 0.6 is 15.9 Å². The van der Waals surface area contributed by atoms with E-state index in [0.717, 1.165) is 4.47 Å². The van der Waals surface area contributed by atoms with Gasteiger partial charge in [-0.25, -0.2) is 4.79 Å². The molecule has 2 aliphatic rings. The quantitative estimate of drug-likeness (QED) is 0.761. The van der Waals surface area contributed by atoms with Gasteiger partial charge in [-0.3, -0.25) is 0 Å². The first-order valence-electron chi connectivity index (χ1n) is 7.24. The Morgan fingerprint density at radius 2 is 2.15 bits per heavy atom. The third-order valence-corrected chi connectivity index (χ3v) is 5.17. The number of hydrogen-bond acceptors (Lipinski definition) is 3. The van der Waals surface area contributed by atoms with Crippen molar-refractivity contribution in [1.82, 2.24) is 0 Å². The van der Waals surface area contributed by atoms with E-state index in [9.17, 15) is 4.79 Å². The number of methoxy groups -OCH3 is 1. The standard InChI is InChI=1S/C16H20BrNO2/c1-9(2)18-14-6-4-5-11(14)12-7-10(16(19)20-3)8-13(17)15(12)18/h7-9,11,14H,4-6H2,1-3H3. The number of halogens is 1. The summed E-state index contributed by atoms with van der Waals surface area (Å²) >= 11 is 3.66. The van der Waals surface area contributed by atoms with Crippen LogP contribution in [0.15, 0.2) is 16.6 Å². The predicted molar refractivity (Wildman–Crippen MR) is 83.5 cm³/mol. The van der Waals surface area contributed by atoms with Crippen LogP contribution in [-0.4, -0.2) is 25.2 Å². The largest absolute Gasteiger partial charge is 0.465 e. The molecule has 1 aliphatic carbocycles. The van der Waals surface area contributed by atoms with E-state index < -0.39 is 0 Å². The van der Waals surface area contributed by atoms with Crippen LogP contribution < -0.4 is 4.90 Å². The summed E-state index contributed by atoms with van der Waals surface area (Å²) in [6.45, 7) is 4.48. The van der Waals surface area contributed by atoms with E-state index in [2.05, 4.69) is 34.7 Å². The van der Waals surface area contributed by atoms with Gasteiger partial charge in [0.15, 0.2) is 0 Å². The van der Waals surface area contributed by atoms with Gasteiger partial charge in [0, 0.05) is 22.5 Å². The molecule has 3 nitrogen and oxygen atoms in total. The van der Waals surface area contributed by atoms with E-state index in [-0.39, 0.29) is 5.97 Å². The summed E-state index contributed by atoms with van der Waals surface area (Å²) in [5.74, 6) is 0.305. The van der Waals surface area contributed by atoms with Crippen molar-refractivity contribution >= 4 is 27.6 Å². The van der Waals surface area contributed by atoms with E-state index >= 15 is 0 Å². The molecule has 0 bridgehead atoms. The Labute approximate surface area is 128 Å². The molecule has 0 amide bonds. The fourth-order valence-corrected chi connectivity index (χ4v) is 4.53. The molecular weight excluding hydrogens is 318 g/mol. The minimum Gasteiger partial charge on any atom is -0.465 e. The first-order chi connectivity index (χ1) is 9.54. The molecule has 108 valence electrons. The maximum absolute atomic E-state index is 11.8. The topological polar surface area (TPSA) is 29.5 Å². The summed E-state index contributed by atoms with van der Waals surface area (Å²) in [6.07, 6.45) is 3.74. The second kappa shape index (κ2) is 5.06. The zero-order valence-electron chi connectivity index (χ0n) is 12.1. The van der Waals surface area contributed by atoms with E-state index in [1.54, 1.807) is 0 Å². The minimum absolute atomic E-state index is 0.258. The Morgan fingerprint density at radius 1 is 1.40 bits per heavy atom. The molecule has 0 N–H and O–H groups in total. The van der Waals surface area contributed by atoms with E-state index in [1.807, 2.05) is 12.1 Å². The van der Waals surface area contributed by atoms with Crippen LogP contribution in [0.25, 0.3) is 0 Å². The van der Waals surface area contributed by atoms with Crippen LogP contribution in [0.1, 0.15) is 54.9 Å². The summed E-state index contributed by atoms with van der Waals surface area (Å²) in [7, 11) is 1.43. The van der Waals surface area contributed by atoms with Crippen molar-refractivity contribution in [2.75, 3.05) is 12.0 Å². The monoisotopic (exact) mass is 337 g/mol. The lowest BCUT2D eigenvalue weighted by Crippen LogP contribution is -2.37. The Bertz CT molecular complexity index is 556. The fourth-order valence-electron chi connectivity index (χ4n) is 3.85. The molecule has 1 fully saturated rings. The summed E-state index contributed by atoms with van der Waals surface area (Å²) < 4.78 is 5.88. The van der Waals surface area contributed by atoms with Crippen molar-refractivity contribution < 1.29 is 9.53 Å². The van der Waals surface area contributed by atoms with Crippen molar-refractivity contribution in [2.45, 2.75) is 51.1 Å². The Balaban J connectivity index is 2.13. The summed E-state index contributed by atoms with van der Waals surface area (Å²) in [6, 6.07) is 4.99. The minimum atomic E-state index is -0.258. The molecule has 1 saturated carbocycles. The summed E-state index contributed by atoms with van der Waals surface area (Å²) in [5, 5.41) is 0.